The number of nitrogen functional groups attached to an aromatic ring is 1. The Labute approximate surface area is 92.6 Å². The summed E-state index contributed by atoms with van der Waals surface area (Å²) < 4.78 is 0. The largest absolute Gasteiger partial charge is 0.351 e. The first kappa shape index (κ1) is 12.1. The van der Waals surface area contributed by atoms with Gasteiger partial charge in [-0.2, -0.15) is 4.98 Å². The number of nitrogens with one attached hydrogen (secondary N) is 1. The van der Waals surface area contributed by atoms with Crippen LogP contribution >= 0.6 is 0 Å². The molecular formula is C8H14N6O2. The minimum atomic E-state index is -0.506. The minimum Gasteiger partial charge on any atom is -0.351 e. The molecule has 0 spiro atoms. The van der Waals surface area contributed by atoms with Crippen molar-refractivity contribution in [2.45, 2.75) is 13.8 Å². The van der Waals surface area contributed by atoms with Gasteiger partial charge in [0.2, 0.25) is 11.8 Å². The van der Waals surface area contributed by atoms with Gasteiger partial charge in [0.15, 0.2) is 0 Å². The zero-order chi connectivity index (χ0) is 12.1. The molecule has 1 aromatic heterocycles. The molecule has 1 rings (SSSR count). The van der Waals surface area contributed by atoms with Crippen LogP contribution in [0.5, 0.6) is 0 Å². The second-order valence-corrected chi connectivity index (χ2v) is 2.98. The minimum absolute atomic E-state index is 0.122. The summed E-state index contributed by atoms with van der Waals surface area (Å²) in [5.74, 6) is 5.60. The average molecular weight is 226 g/mol. The zero-order valence-electron chi connectivity index (χ0n) is 9.17. The molecule has 88 valence electrons. The molecule has 1 aromatic rings. The highest BCUT2D eigenvalue weighted by molar-refractivity contribution is 5.58. The first-order valence-corrected chi connectivity index (χ1v) is 4.87. The van der Waals surface area contributed by atoms with E-state index in [4.69, 9.17) is 5.84 Å². The second-order valence-electron chi connectivity index (χ2n) is 2.98. The Morgan fingerprint density at radius 2 is 2.19 bits per heavy atom. The topological polar surface area (TPSA) is 110 Å². The molecule has 0 aliphatic heterocycles. The molecule has 8 heteroatoms. The molecule has 0 aromatic carbocycles. The zero-order valence-corrected chi connectivity index (χ0v) is 9.17. The molecule has 0 amide bonds. The molecule has 16 heavy (non-hydrogen) atoms. The van der Waals surface area contributed by atoms with E-state index in [2.05, 4.69) is 15.4 Å². The van der Waals surface area contributed by atoms with Crippen LogP contribution in [0.15, 0.2) is 6.20 Å². The lowest BCUT2D eigenvalue weighted by atomic mass is 10.4. The number of hydrogen-bond donors (Lipinski definition) is 2. The van der Waals surface area contributed by atoms with E-state index in [1.165, 1.54) is 0 Å². The van der Waals surface area contributed by atoms with Crippen molar-refractivity contribution < 1.29 is 4.92 Å². The molecule has 0 atom stereocenters. The van der Waals surface area contributed by atoms with Crippen molar-refractivity contribution >= 4 is 17.5 Å². The third-order valence-electron chi connectivity index (χ3n) is 2.14. The van der Waals surface area contributed by atoms with E-state index in [1.54, 1.807) is 4.90 Å². The molecule has 3 N–H and O–H groups in total. The van der Waals surface area contributed by atoms with Gasteiger partial charge in [0, 0.05) is 13.1 Å². The fourth-order valence-electron chi connectivity index (χ4n) is 1.32. The Balaban J connectivity index is 3.24. The first-order valence-electron chi connectivity index (χ1n) is 4.87. The smallest absolute Gasteiger partial charge is 0.329 e. The van der Waals surface area contributed by atoms with E-state index in [9.17, 15) is 10.1 Å². The quantitative estimate of drug-likeness (QED) is 0.427. The van der Waals surface area contributed by atoms with Crippen LogP contribution in [0.4, 0.5) is 17.5 Å². The van der Waals surface area contributed by atoms with Crippen molar-refractivity contribution in [3.8, 4) is 0 Å². The Morgan fingerprint density at radius 3 is 2.62 bits per heavy atom. The predicted octanol–water partition coefficient (Wildman–Crippen LogP) is 0.517. The van der Waals surface area contributed by atoms with Crippen LogP contribution in [0, 0.1) is 10.1 Å². The summed E-state index contributed by atoms with van der Waals surface area (Å²) in [6.45, 7) is 5.03. The lowest BCUT2D eigenvalue weighted by molar-refractivity contribution is -0.384. The van der Waals surface area contributed by atoms with E-state index in [0.717, 1.165) is 6.20 Å². The molecule has 0 saturated carbocycles. The summed E-state index contributed by atoms with van der Waals surface area (Å²) in [6, 6.07) is 0. The molecule has 8 nitrogen and oxygen atoms in total. The van der Waals surface area contributed by atoms with Gasteiger partial charge in [0.05, 0.1) is 4.92 Å². The molecule has 1 heterocycles. The fraction of sp³-hybridized carbons (Fsp3) is 0.500. The van der Waals surface area contributed by atoms with E-state index in [-0.39, 0.29) is 17.5 Å². The SMILES string of the molecule is CCN(CC)c1nc(NN)ncc1[N+](=O)[O-]. The van der Waals surface area contributed by atoms with Gasteiger partial charge in [0.1, 0.15) is 6.20 Å². The standard InChI is InChI=1S/C8H14N6O2/c1-3-13(4-2)7-6(14(15)16)5-10-8(11-7)12-9/h5H,3-4,9H2,1-2H3,(H,10,11,12). The highest BCUT2D eigenvalue weighted by atomic mass is 16.6. The monoisotopic (exact) mass is 226 g/mol. The maximum atomic E-state index is 10.8. The van der Waals surface area contributed by atoms with Crippen molar-refractivity contribution in [3.05, 3.63) is 16.3 Å². The molecule has 0 bridgehead atoms. The maximum absolute atomic E-state index is 10.8. The van der Waals surface area contributed by atoms with Crippen molar-refractivity contribution in [2.75, 3.05) is 23.4 Å². The van der Waals surface area contributed by atoms with E-state index in [1.807, 2.05) is 13.8 Å². The van der Waals surface area contributed by atoms with Gasteiger partial charge in [-0.05, 0) is 13.8 Å². The lowest BCUT2D eigenvalue weighted by Gasteiger charge is -2.19. The second kappa shape index (κ2) is 5.21. The van der Waals surface area contributed by atoms with Gasteiger partial charge >= 0.3 is 5.69 Å². The number of hydrogen-bond acceptors (Lipinski definition) is 7. The summed E-state index contributed by atoms with van der Waals surface area (Å²) in [5, 5.41) is 10.8. The van der Waals surface area contributed by atoms with E-state index < -0.39 is 4.92 Å². The molecule has 0 unspecified atom stereocenters. The van der Waals surface area contributed by atoms with Crippen molar-refractivity contribution in [2.24, 2.45) is 5.84 Å². The maximum Gasteiger partial charge on any atom is 0.329 e. The van der Waals surface area contributed by atoms with Crippen LogP contribution in [0.2, 0.25) is 0 Å². The van der Waals surface area contributed by atoms with Gasteiger partial charge in [-0.25, -0.2) is 10.8 Å². The number of aromatic nitrogens is 2. The van der Waals surface area contributed by atoms with Gasteiger partial charge in [0.25, 0.3) is 0 Å². The Bertz CT molecular complexity index is 379. The summed E-state index contributed by atoms with van der Waals surface area (Å²) in [5.41, 5.74) is 2.14. The van der Waals surface area contributed by atoms with E-state index in [0.29, 0.717) is 13.1 Å². The van der Waals surface area contributed by atoms with Gasteiger partial charge in [-0.15, -0.1) is 0 Å². The Morgan fingerprint density at radius 1 is 1.56 bits per heavy atom. The fourth-order valence-corrected chi connectivity index (χ4v) is 1.32. The van der Waals surface area contributed by atoms with Crippen LogP contribution in [-0.2, 0) is 0 Å². The summed E-state index contributed by atoms with van der Waals surface area (Å²) >= 11 is 0. The molecule has 0 saturated heterocycles. The predicted molar refractivity (Wildman–Crippen MR) is 60.1 cm³/mol. The number of nitrogens with two attached hydrogens (primary N) is 1. The first-order chi connectivity index (χ1) is 7.63. The summed E-state index contributed by atoms with van der Waals surface area (Å²) in [4.78, 5) is 19.8. The third-order valence-corrected chi connectivity index (χ3v) is 2.14. The Hall–Kier alpha value is -1.96. The van der Waals surface area contributed by atoms with Gasteiger partial charge in [-0.1, -0.05) is 0 Å². The molecule has 0 aliphatic rings. The molecule has 0 radical (unpaired) electrons. The molecule has 0 fully saturated rings. The normalized spacial score (nSPS) is 9.94. The number of anilines is 2. The third kappa shape index (κ3) is 2.34. The number of nitro groups is 1. The van der Waals surface area contributed by atoms with Crippen LogP contribution in [0.1, 0.15) is 13.8 Å². The number of hydrazine groups is 1. The summed E-state index contributed by atoms with van der Waals surface area (Å²) in [7, 11) is 0. The van der Waals surface area contributed by atoms with Crippen molar-refractivity contribution in [3.63, 3.8) is 0 Å². The van der Waals surface area contributed by atoms with Crippen LogP contribution < -0.4 is 16.2 Å². The number of rotatable bonds is 5. The van der Waals surface area contributed by atoms with Crippen molar-refractivity contribution in [1.29, 1.82) is 0 Å². The Kier molecular flexibility index (Phi) is 3.95. The van der Waals surface area contributed by atoms with Crippen LogP contribution in [-0.4, -0.2) is 28.0 Å². The lowest BCUT2D eigenvalue weighted by Crippen LogP contribution is -2.25. The van der Waals surface area contributed by atoms with Gasteiger partial charge < -0.3 is 4.90 Å². The molecule has 0 aliphatic carbocycles. The average Bonchev–Trinajstić information content (AvgIpc) is 2.30. The van der Waals surface area contributed by atoms with Crippen LogP contribution in [0.3, 0.4) is 0 Å². The van der Waals surface area contributed by atoms with Crippen molar-refractivity contribution in [1.82, 2.24) is 9.97 Å². The number of nitrogens with zero attached hydrogens (tertiary/aromatic N) is 4. The van der Waals surface area contributed by atoms with Gasteiger partial charge in [-0.3, -0.25) is 15.5 Å². The summed E-state index contributed by atoms with van der Waals surface area (Å²) in [6.07, 6.45) is 1.15. The highest BCUT2D eigenvalue weighted by Crippen LogP contribution is 2.25. The van der Waals surface area contributed by atoms with E-state index >= 15 is 0 Å². The molecular weight excluding hydrogens is 212 g/mol. The highest BCUT2D eigenvalue weighted by Gasteiger charge is 2.20. The van der Waals surface area contributed by atoms with Crippen LogP contribution in [0.25, 0.3) is 0 Å².